The molecule has 0 saturated carbocycles. The molecule has 15 heavy (non-hydrogen) atoms. The fourth-order valence-corrected chi connectivity index (χ4v) is 2.20. The Hall–Kier alpha value is -1.24. The third kappa shape index (κ3) is 1.67. The molecule has 0 amide bonds. The molecule has 0 N–H and O–H groups in total. The quantitative estimate of drug-likeness (QED) is 0.694. The molecule has 80 valence electrons. The first-order valence-corrected chi connectivity index (χ1v) is 5.65. The number of aryl methyl sites for hydroxylation is 1. The van der Waals surface area contributed by atoms with Crippen molar-refractivity contribution in [2.45, 2.75) is 34.2 Å². The van der Waals surface area contributed by atoms with Crippen LogP contribution in [0.4, 0.5) is 0 Å². The highest BCUT2D eigenvalue weighted by Crippen LogP contribution is 2.25. The maximum atomic E-state index is 2.44. The number of aromatic nitrogens is 1. The summed E-state index contributed by atoms with van der Waals surface area (Å²) in [5.74, 6) is 0.693. The van der Waals surface area contributed by atoms with E-state index in [-0.39, 0.29) is 0 Å². The molecule has 1 aromatic heterocycles. The topological polar surface area (TPSA) is 4.93 Å². The first-order valence-electron chi connectivity index (χ1n) is 5.65. The highest BCUT2D eigenvalue weighted by atomic mass is 15.0. The van der Waals surface area contributed by atoms with Gasteiger partial charge in [-0.05, 0) is 31.4 Å². The van der Waals surface area contributed by atoms with Gasteiger partial charge in [-0.25, -0.2) is 0 Å². The summed E-state index contributed by atoms with van der Waals surface area (Å²) in [6.07, 6.45) is 0. The number of benzene rings is 1. The standard InChI is InChI=1S/C14H19N/c1-10(2)9-15-12(4)11(3)13-7-5-6-8-14(13)15/h5-8,10H,9H2,1-4H3. The summed E-state index contributed by atoms with van der Waals surface area (Å²) in [7, 11) is 0. The highest BCUT2D eigenvalue weighted by molar-refractivity contribution is 5.85. The zero-order valence-electron chi connectivity index (χ0n) is 10.0. The monoisotopic (exact) mass is 201 g/mol. The van der Waals surface area contributed by atoms with Crippen LogP contribution in [0.25, 0.3) is 10.9 Å². The third-order valence-electron chi connectivity index (χ3n) is 3.09. The lowest BCUT2D eigenvalue weighted by Crippen LogP contribution is -2.05. The Labute approximate surface area is 91.7 Å². The van der Waals surface area contributed by atoms with Crippen LogP contribution in [0.5, 0.6) is 0 Å². The van der Waals surface area contributed by atoms with Gasteiger partial charge in [0.2, 0.25) is 0 Å². The van der Waals surface area contributed by atoms with E-state index in [9.17, 15) is 0 Å². The molecule has 2 rings (SSSR count). The molecule has 0 fully saturated rings. The summed E-state index contributed by atoms with van der Waals surface area (Å²) in [4.78, 5) is 0. The van der Waals surface area contributed by atoms with E-state index >= 15 is 0 Å². The first-order chi connectivity index (χ1) is 7.11. The summed E-state index contributed by atoms with van der Waals surface area (Å²) in [5, 5.41) is 1.40. The van der Waals surface area contributed by atoms with E-state index < -0.39 is 0 Å². The molecule has 1 heteroatoms. The van der Waals surface area contributed by atoms with Gasteiger partial charge in [0.15, 0.2) is 0 Å². The van der Waals surface area contributed by atoms with Gasteiger partial charge >= 0.3 is 0 Å². The molecular formula is C14H19N. The molecule has 2 aromatic rings. The number of nitrogens with zero attached hydrogens (tertiary/aromatic N) is 1. The largest absolute Gasteiger partial charge is 0.344 e. The molecule has 1 aromatic carbocycles. The van der Waals surface area contributed by atoms with Crippen LogP contribution in [-0.2, 0) is 6.54 Å². The van der Waals surface area contributed by atoms with Crippen LogP contribution >= 0.6 is 0 Å². The van der Waals surface area contributed by atoms with Crippen LogP contribution in [0.1, 0.15) is 25.1 Å². The maximum absolute atomic E-state index is 2.44. The summed E-state index contributed by atoms with van der Waals surface area (Å²) >= 11 is 0. The molecule has 0 aliphatic carbocycles. The second-order valence-corrected chi connectivity index (χ2v) is 4.73. The lowest BCUT2D eigenvalue weighted by atomic mass is 10.2. The number of para-hydroxylation sites is 1. The zero-order chi connectivity index (χ0) is 11.0. The van der Waals surface area contributed by atoms with E-state index in [0.29, 0.717) is 5.92 Å². The van der Waals surface area contributed by atoms with E-state index in [2.05, 4.69) is 56.5 Å². The predicted molar refractivity (Wildman–Crippen MR) is 66.3 cm³/mol. The van der Waals surface area contributed by atoms with E-state index in [1.807, 2.05) is 0 Å². The molecule has 0 atom stereocenters. The fourth-order valence-electron chi connectivity index (χ4n) is 2.20. The second kappa shape index (κ2) is 3.73. The smallest absolute Gasteiger partial charge is 0.0485 e. The Kier molecular flexibility index (Phi) is 2.56. The van der Waals surface area contributed by atoms with Gasteiger partial charge in [0.05, 0.1) is 0 Å². The van der Waals surface area contributed by atoms with Crippen molar-refractivity contribution in [1.82, 2.24) is 4.57 Å². The highest BCUT2D eigenvalue weighted by Gasteiger charge is 2.10. The molecule has 1 nitrogen and oxygen atoms in total. The number of rotatable bonds is 2. The molecule has 0 aliphatic heterocycles. The number of hydrogen-bond acceptors (Lipinski definition) is 0. The van der Waals surface area contributed by atoms with Gasteiger partial charge in [-0.2, -0.15) is 0 Å². The minimum Gasteiger partial charge on any atom is -0.344 e. The molecule has 0 aliphatic rings. The van der Waals surface area contributed by atoms with Crippen molar-refractivity contribution in [3.63, 3.8) is 0 Å². The lowest BCUT2D eigenvalue weighted by molar-refractivity contribution is 0.527. The number of hydrogen-bond donors (Lipinski definition) is 0. The average molecular weight is 201 g/mol. The minimum atomic E-state index is 0.693. The van der Waals surface area contributed by atoms with Crippen molar-refractivity contribution in [2.75, 3.05) is 0 Å². The Balaban J connectivity index is 2.66. The van der Waals surface area contributed by atoms with E-state index in [1.165, 1.54) is 22.2 Å². The molecule has 0 radical (unpaired) electrons. The van der Waals surface area contributed by atoms with Crippen LogP contribution in [0.15, 0.2) is 24.3 Å². The van der Waals surface area contributed by atoms with Crippen LogP contribution < -0.4 is 0 Å². The normalized spacial score (nSPS) is 11.5. The third-order valence-corrected chi connectivity index (χ3v) is 3.09. The fraction of sp³-hybridized carbons (Fsp3) is 0.429. The van der Waals surface area contributed by atoms with Crippen molar-refractivity contribution in [3.8, 4) is 0 Å². The average Bonchev–Trinajstić information content (AvgIpc) is 2.44. The summed E-state index contributed by atoms with van der Waals surface area (Å²) in [6, 6.07) is 8.68. The van der Waals surface area contributed by atoms with Crippen molar-refractivity contribution < 1.29 is 0 Å². The first kappa shape index (κ1) is 10.3. The Morgan fingerprint density at radius 2 is 1.80 bits per heavy atom. The van der Waals surface area contributed by atoms with Gasteiger partial charge in [-0.1, -0.05) is 32.0 Å². The predicted octanol–water partition coefficient (Wildman–Crippen LogP) is 3.91. The molecule has 1 heterocycles. The maximum Gasteiger partial charge on any atom is 0.0485 e. The van der Waals surface area contributed by atoms with Gasteiger partial charge in [0.1, 0.15) is 0 Å². The van der Waals surface area contributed by atoms with Crippen molar-refractivity contribution >= 4 is 10.9 Å². The molecule has 0 unspecified atom stereocenters. The summed E-state index contributed by atoms with van der Waals surface area (Å²) in [5.41, 5.74) is 4.21. The van der Waals surface area contributed by atoms with Crippen molar-refractivity contribution in [3.05, 3.63) is 35.5 Å². The Bertz CT molecular complexity index is 477. The zero-order valence-corrected chi connectivity index (χ0v) is 10.0. The van der Waals surface area contributed by atoms with Gasteiger partial charge in [-0.15, -0.1) is 0 Å². The van der Waals surface area contributed by atoms with Gasteiger partial charge < -0.3 is 4.57 Å². The van der Waals surface area contributed by atoms with Gasteiger partial charge in [0.25, 0.3) is 0 Å². The van der Waals surface area contributed by atoms with E-state index in [0.717, 1.165) is 6.54 Å². The SMILES string of the molecule is Cc1c(C)n(CC(C)C)c2ccccc12. The van der Waals surface area contributed by atoms with Crippen LogP contribution in [0.2, 0.25) is 0 Å². The van der Waals surface area contributed by atoms with E-state index in [1.54, 1.807) is 0 Å². The summed E-state index contributed by atoms with van der Waals surface area (Å²) < 4.78 is 2.44. The molecule has 0 saturated heterocycles. The second-order valence-electron chi connectivity index (χ2n) is 4.73. The molecular weight excluding hydrogens is 182 g/mol. The van der Waals surface area contributed by atoms with Crippen molar-refractivity contribution in [2.24, 2.45) is 5.92 Å². The molecule has 0 spiro atoms. The van der Waals surface area contributed by atoms with Crippen LogP contribution in [0, 0.1) is 19.8 Å². The number of fused-ring (bicyclic) bond motifs is 1. The van der Waals surface area contributed by atoms with Crippen molar-refractivity contribution in [1.29, 1.82) is 0 Å². The van der Waals surface area contributed by atoms with Gasteiger partial charge in [0, 0.05) is 23.1 Å². The van der Waals surface area contributed by atoms with Crippen LogP contribution in [-0.4, -0.2) is 4.57 Å². The summed E-state index contributed by atoms with van der Waals surface area (Å²) in [6.45, 7) is 10.1. The Morgan fingerprint density at radius 3 is 2.47 bits per heavy atom. The Morgan fingerprint density at radius 1 is 1.13 bits per heavy atom. The minimum absolute atomic E-state index is 0.693. The lowest BCUT2D eigenvalue weighted by Gasteiger charge is -2.10. The molecule has 0 bridgehead atoms. The van der Waals surface area contributed by atoms with Gasteiger partial charge in [-0.3, -0.25) is 0 Å². The van der Waals surface area contributed by atoms with E-state index in [4.69, 9.17) is 0 Å². The van der Waals surface area contributed by atoms with Crippen LogP contribution in [0.3, 0.4) is 0 Å².